The van der Waals surface area contributed by atoms with Crippen molar-refractivity contribution in [3.63, 3.8) is 0 Å². The highest BCUT2D eigenvalue weighted by Crippen LogP contribution is 2.18. The molecule has 0 saturated heterocycles. The van der Waals surface area contributed by atoms with Crippen LogP contribution in [0.3, 0.4) is 0 Å². The number of ether oxygens (including phenoxy) is 2. The summed E-state index contributed by atoms with van der Waals surface area (Å²) < 4.78 is 10.8. The molecular formula is C21H20N4O4. The summed E-state index contributed by atoms with van der Waals surface area (Å²) in [6.07, 6.45) is 1.63. The predicted octanol–water partition coefficient (Wildman–Crippen LogP) is 2.82. The molecule has 0 saturated carbocycles. The van der Waals surface area contributed by atoms with Crippen molar-refractivity contribution in [1.82, 2.24) is 9.97 Å². The number of anilines is 2. The molecule has 148 valence electrons. The Balaban J connectivity index is 1.52. The molecule has 0 bridgehead atoms. The van der Waals surface area contributed by atoms with Crippen LogP contribution in [0.4, 0.5) is 11.5 Å². The molecule has 1 amide bonds. The van der Waals surface area contributed by atoms with Gasteiger partial charge in [0.15, 0.2) is 17.6 Å². The molecule has 1 heterocycles. The summed E-state index contributed by atoms with van der Waals surface area (Å²) in [7, 11) is 0. The average molecular weight is 392 g/mol. The maximum absolute atomic E-state index is 12.3. The van der Waals surface area contributed by atoms with Gasteiger partial charge in [-0.3, -0.25) is 4.79 Å². The molecule has 0 aliphatic heterocycles. The van der Waals surface area contributed by atoms with Crippen molar-refractivity contribution in [2.45, 2.75) is 19.6 Å². The van der Waals surface area contributed by atoms with Crippen molar-refractivity contribution >= 4 is 23.4 Å². The number of nitrogens with zero attached hydrogens (tertiary/aromatic N) is 2. The number of rotatable bonds is 7. The number of aromatic nitrogens is 2. The average Bonchev–Trinajstić information content (AvgIpc) is 2.74. The topological polar surface area (TPSA) is 116 Å². The third kappa shape index (κ3) is 5.52. The van der Waals surface area contributed by atoms with Crippen molar-refractivity contribution in [3.8, 4) is 5.75 Å². The van der Waals surface area contributed by atoms with Crippen LogP contribution in [0.1, 0.15) is 23.0 Å². The quantitative estimate of drug-likeness (QED) is 0.594. The normalized spacial score (nSPS) is 11.3. The molecule has 3 rings (SSSR count). The smallest absolute Gasteiger partial charge is 0.361 e. The SMILES string of the molecule is C[C@@H](OC(=O)c1nccnc1N)C(=O)Nc1ccc(OCc2ccccc2)cc1. The van der Waals surface area contributed by atoms with Gasteiger partial charge in [-0.2, -0.15) is 0 Å². The summed E-state index contributed by atoms with van der Waals surface area (Å²) in [5, 5.41) is 2.68. The van der Waals surface area contributed by atoms with Gasteiger partial charge in [0.05, 0.1) is 0 Å². The van der Waals surface area contributed by atoms with E-state index in [1.807, 2.05) is 30.3 Å². The first kappa shape index (κ1) is 19.8. The molecule has 0 radical (unpaired) electrons. The van der Waals surface area contributed by atoms with Gasteiger partial charge in [0.25, 0.3) is 5.91 Å². The van der Waals surface area contributed by atoms with E-state index in [-0.39, 0.29) is 11.5 Å². The summed E-state index contributed by atoms with van der Waals surface area (Å²) >= 11 is 0. The number of benzene rings is 2. The van der Waals surface area contributed by atoms with Gasteiger partial charge in [-0.05, 0) is 36.8 Å². The largest absolute Gasteiger partial charge is 0.489 e. The van der Waals surface area contributed by atoms with E-state index in [1.54, 1.807) is 24.3 Å². The minimum absolute atomic E-state index is 0.0591. The van der Waals surface area contributed by atoms with Gasteiger partial charge in [0.1, 0.15) is 12.4 Å². The Morgan fingerprint density at radius 2 is 1.72 bits per heavy atom. The molecular weight excluding hydrogens is 372 g/mol. The Labute approximate surface area is 167 Å². The van der Waals surface area contributed by atoms with E-state index in [1.165, 1.54) is 19.3 Å². The maximum Gasteiger partial charge on any atom is 0.361 e. The number of hydrogen-bond acceptors (Lipinski definition) is 7. The Kier molecular flexibility index (Phi) is 6.36. The van der Waals surface area contributed by atoms with E-state index in [9.17, 15) is 9.59 Å². The number of nitrogens with two attached hydrogens (primary N) is 1. The van der Waals surface area contributed by atoms with Crippen LogP contribution in [0.2, 0.25) is 0 Å². The van der Waals surface area contributed by atoms with Crippen LogP contribution >= 0.6 is 0 Å². The molecule has 0 spiro atoms. The zero-order chi connectivity index (χ0) is 20.6. The second kappa shape index (κ2) is 9.32. The van der Waals surface area contributed by atoms with E-state index in [0.29, 0.717) is 18.0 Å². The molecule has 1 aromatic heterocycles. The van der Waals surface area contributed by atoms with Gasteiger partial charge >= 0.3 is 5.97 Å². The molecule has 3 aromatic rings. The number of amides is 1. The standard InChI is InChI=1S/C21H20N4O4/c1-14(29-21(27)18-19(22)24-12-11-23-18)20(26)25-16-7-9-17(10-8-16)28-13-15-5-3-2-4-6-15/h2-12,14H,13H2,1H3,(H2,22,24)(H,25,26)/t14-/m1/s1. The first-order valence-electron chi connectivity index (χ1n) is 8.88. The molecule has 0 aliphatic carbocycles. The number of carbonyl (C=O) groups excluding carboxylic acids is 2. The van der Waals surface area contributed by atoms with E-state index in [4.69, 9.17) is 15.2 Å². The van der Waals surface area contributed by atoms with E-state index >= 15 is 0 Å². The number of carbonyl (C=O) groups is 2. The van der Waals surface area contributed by atoms with E-state index in [2.05, 4.69) is 15.3 Å². The highest BCUT2D eigenvalue weighted by atomic mass is 16.5. The highest BCUT2D eigenvalue weighted by molar-refractivity contribution is 5.98. The lowest BCUT2D eigenvalue weighted by molar-refractivity contribution is -0.123. The molecule has 1 atom stereocenters. The predicted molar refractivity (Wildman–Crippen MR) is 107 cm³/mol. The second-order valence-electron chi connectivity index (χ2n) is 6.13. The monoisotopic (exact) mass is 392 g/mol. The number of nitrogens with one attached hydrogen (secondary N) is 1. The maximum atomic E-state index is 12.3. The van der Waals surface area contributed by atoms with Gasteiger partial charge in [-0.1, -0.05) is 30.3 Å². The molecule has 3 N–H and O–H groups in total. The number of nitrogen functional groups attached to an aromatic ring is 1. The fourth-order valence-electron chi connectivity index (χ4n) is 2.40. The first-order chi connectivity index (χ1) is 14.0. The summed E-state index contributed by atoms with van der Waals surface area (Å²) in [5.41, 5.74) is 7.06. The molecule has 0 unspecified atom stereocenters. The molecule has 8 heteroatoms. The lowest BCUT2D eigenvalue weighted by Crippen LogP contribution is -2.30. The van der Waals surface area contributed by atoms with Gasteiger partial charge in [-0.15, -0.1) is 0 Å². The van der Waals surface area contributed by atoms with Crippen LogP contribution in [0.5, 0.6) is 5.75 Å². The summed E-state index contributed by atoms with van der Waals surface area (Å²) in [6.45, 7) is 1.90. The van der Waals surface area contributed by atoms with Gasteiger partial charge in [0.2, 0.25) is 0 Å². The lowest BCUT2D eigenvalue weighted by Gasteiger charge is -2.14. The van der Waals surface area contributed by atoms with Crippen molar-refractivity contribution in [2.24, 2.45) is 0 Å². The minimum Gasteiger partial charge on any atom is -0.489 e. The van der Waals surface area contributed by atoms with Crippen LogP contribution in [-0.4, -0.2) is 27.9 Å². The van der Waals surface area contributed by atoms with E-state index < -0.39 is 18.0 Å². The van der Waals surface area contributed by atoms with Crippen molar-refractivity contribution < 1.29 is 19.1 Å². The lowest BCUT2D eigenvalue weighted by atomic mass is 10.2. The Hall–Kier alpha value is -3.94. The zero-order valence-electron chi connectivity index (χ0n) is 15.7. The van der Waals surface area contributed by atoms with Crippen LogP contribution in [0.25, 0.3) is 0 Å². The fraction of sp³-hybridized carbons (Fsp3) is 0.143. The fourth-order valence-corrected chi connectivity index (χ4v) is 2.40. The third-order valence-electron chi connectivity index (χ3n) is 3.94. The second-order valence-corrected chi connectivity index (χ2v) is 6.13. The summed E-state index contributed by atoms with van der Waals surface area (Å²) in [6, 6.07) is 16.7. The molecule has 0 aliphatic rings. The Bertz CT molecular complexity index is 977. The van der Waals surface area contributed by atoms with Gasteiger partial charge in [0, 0.05) is 18.1 Å². The van der Waals surface area contributed by atoms with Crippen LogP contribution in [0, 0.1) is 0 Å². The van der Waals surface area contributed by atoms with Crippen LogP contribution in [-0.2, 0) is 16.1 Å². The van der Waals surface area contributed by atoms with Crippen LogP contribution < -0.4 is 15.8 Å². The van der Waals surface area contributed by atoms with Gasteiger partial charge in [-0.25, -0.2) is 14.8 Å². The van der Waals surface area contributed by atoms with Crippen molar-refractivity contribution in [2.75, 3.05) is 11.1 Å². The first-order valence-corrected chi connectivity index (χ1v) is 8.88. The van der Waals surface area contributed by atoms with Crippen molar-refractivity contribution in [1.29, 1.82) is 0 Å². The number of esters is 1. The Morgan fingerprint density at radius 1 is 1.03 bits per heavy atom. The minimum atomic E-state index is -1.04. The van der Waals surface area contributed by atoms with Crippen molar-refractivity contribution in [3.05, 3.63) is 78.2 Å². The zero-order valence-corrected chi connectivity index (χ0v) is 15.7. The highest BCUT2D eigenvalue weighted by Gasteiger charge is 2.21. The molecule has 8 nitrogen and oxygen atoms in total. The third-order valence-corrected chi connectivity index (χ3v) is 3.94. The van der Waals surface area contributed by atoms with E-state index in [0.717, 1.165) is 5.56 Å². The summed E-state index contributed by atoms with van der Waals surface area (Å²) in [4.78, 5) is 31.9. The van der Waals surface area contributed by atoms with Crippen LogP contribution in [0.15, 0.2) is 67.0 Å². The Morgan fingerprint density at radius 3 is 2.41 bits per heavy atom. The number of hydrogen-bond donors (Lipinski definition) is 2. The molecule has 0 fully saturated rings. The molecule has 29 heavy (non-hydrogen) atoms. The molecule has 2 aromatic carbocycles. The van der Waals surface area contributed by atoms with Gasteiger partial charge < -0.3 is 20.5 Å². The summed E-state index contributed by atoms with van der Waals surface area (Å²) in [5.74, 6) is -0.692.